The number of carbonyl (C=O) groups excluding carboxylic acids is 4. The van der Waals surface area contributed by atoms with E-state index in [1.165, 1.54) is 12.0 Å². The summed E-state index contributed by atoms with van der Waals surface area (Å²) in [5, 5.41) is 11.5. The number of nitrogens with one attached hydrogen (secondary N) is 1. The van der Waals surface area contributed by atoms with Crippen molar-refractivity contribution in [1.29, 1.82) is 0 Å². The van der Waals surface area contributed by atoms with Gasteiger partial charge in [0.2, 0.25) is 0 Å². The Morgan fingerprint density at radius 3 is 2.26 bits per heavy atom. The number of Topliss-reactive ketones (excluding diaryl/α,β-unsaturated/α-hetero) is 1. The first-order valence-electron chi connectivity index (χ1n) is 13.2. The SMILES string of the molecule is CCOC(=O)c1[nH]c(C)c(C(O)=C2C(=O)C(=O)N(CCCN(CC)CC)C2c2ccc(C(=O)OC)cc2)c1C. The number of hydrogen-bond acceptors (Lipinski definition) is 8. The van der Waals surface area contributed by atoms with Crippen LogP contribution >= 0.6 is 0 Å². The first-order chi connectivity index (χ1) is 18.6. The topological polar surface area (TPSA) is 129 Å². The number of rotatable bonds is 11. The summed E-state index contributed by atoms with van der Waals surface area (Å²) in [6.07, 6.45) is 0.626. The highest BCUT2D eigenvalue weighted by Gasteiger charge is 2.46. The zero-order valence-corrected chi connectivity index (χ0v) is 23.4. The van der Waals surface area contributed by atoms with Gasteiger partial charge in [-0.1, -0.05) is 26.0 Å². The molecule has 0 aliphatic carbocycles. The van der Waals surface area contributed by atoms with Gasteiger partial charge in [-0.3, -0.25) is 9.59 Å². The molecule has 2 aromatic rings. The molecule has 1 unspecified atom stereocenters. The number of aryl methyl sites for hydroxylation is 1. The first-order valence-corrected chi connectivity index (χ1v) is 13.2. The van der Waals surface area contributed by atoms with Crippen LogP contribution in [0.25, 0.3) is 5.76 Å². The van der Waals surface area contributed by atoms with Crippen molar-refractivity contribution in [3.05, 3.63) is 63.5 Å². The summed E-state index contributed by atoms with van der Waals surface area (Å²) in [6.45, 7) is 12.1. The highest BCUT2D eigenvalue weighted by molar-refractivity contribution is 6.46. The summed E-state index contributed by atoms with van der Waals surface area (Å²) in [5.41, 5.74) is 2.11. The van der Waals surface area contributed by atoms with E-state index in [1.54, 1.807) is 45.0 Å². The van der Waals surface area contributed by atoms with Gasteiger partial charge in [0.1, 0.15) is 11.5 Å². The molecule has 1 atom stereocenters. The molecule has 1 aromatic carbocycles. The number of esters is 2. The van der Waals surface area contributed by atoms with Crippen LogP contribution in [-0.2, 0) is 19.1 Å². The second-order valence-corrected chi connectivity index (χ2v) is 9.33. The fourth-order valence-corrected chi connectivity index (χ4v) is 5.03. The third-order valence-corrected chi connectivity index (χ3v) is 7.11. The normalized spacial score (nSPS) is 16.7. The van der Waals surface area contributed by atoms with Crippen LogP contribution in [0.4, 0.5) is 0 Å². The zero-order valence-electron chi connectivity index (χ0n) is 23.4. The van der Waals surface area contributed by atoms with E-state index in [-0.39, 0.29) is 29.2 Å². The molecular weight excluding hydrogens is 502 g/mol. The van der Waals surface area contributed by atoms with Gasteiger partial charge in [0.15, 0.2) is 0 Å². The predicted molar refractivity (Wildman–Crippen MR) is 145 cm³/mol. The highest BCUT2D eigenvalue weighted by Crippen LogP contribution is 2.41. The van der Waals surface area contributed by atoms with Crippen molar-refractivity contribution in [3.8, 4) is 0 Å². The van der Waals surface area contributed by atoms with Crippen molar-refractivity contribution in [2.24, 2.45) is 0 Å². The molecule has 2 N–H and O–H groups in total. The van der Waals surface area contributed by atoms with E-state index in [0.29, 0.717) is 35.3 Å². The number of amides is 1. The van der Waals surface area contributed by atoms with Crippen molar-refractivity contribution >= 4 is 29.4 Å². The lowest BCUT2D eigenvalue weighted by atomic mass is 9.93. The summed E-state index contributed by atoms with van der Waals surface area (Å²) in [4.78, 5) is 57.8. The Morgan fingerprint density at radius 2 is 1.69 bits per heavy atom. The van der Waals surface area contributed by atoms with Gasteiger partial charge in [-0.15, -0.1) is 0 Å². The van der Waals surface area contributed by atoms with E-state index >= 15 is 0 Å². The van der Waals surface area contributed by atoms with Crippen LogP contribution in [0.2, 0.25) is 0 Å². The number of aromatic amines is 1. The van der Waals surface area contributed by atoms with Crippen LogP contribution < -0.4 is 0 Å². The summed E-state index contributed by atoms with van der Waals surface area (Å²) in [7, 11) is 1.28. The van der Waals surface area contributed by atoms with E-state index < -0.39 is 29.7 Å². The van der Waals surface area contributed by atoms with Crippen molar-refractivity contribution in [2.45, 2.75) is 47.1 Å². The molecule has 1 amide bonds. The number of carbonyl (C=O) groups is 4. The Balaban J connectivity index is 2.13. The maximum absolute atomic E-state index is 13.4. The Labute approximate surface area is 228 Å². The summed E-state index contributed by atoms with van der Waals surface area (Å²) >= 11 is 0. The van der Waals surface area contributed by atoms with Gasteiger partial charge in [-0.05, 0) is 70.1 Å². The Bertz CT molecular complexity index is 1270. The van der Waals surface area contributed by atoms with E-state index in [9.17, 15) is 24.3 Å². The number of aromatic nitrogens is 1. The molecule has 0 bridgehead atoms. The van der Waals surface area contributed by atoms with Gasteiger partial charge < -0.3 is 29.4 Å². The maximum atomic E-state index is 13.4. The molecule has 0 spiro atoms. The summed E-state index contributed by atoms with van der Waals surface area (Å²) in [5.74, 6) is -2.99. The molecule has 1 saturated heterocycles. The standard InChI is InChI=1S/C29H37N3O7/c1-7-31(8-2)15-10-16-32-24(19-11-13-20(14-12-19)28(36)38-6)22(26(34)27(32)35)25(33)21-17(4)23(30-18(21)5)29(37)39-9-3/h11-14,24,30,33H,7-10,15-16H2,1-6H3. The largest absolute Gasteiger partial charge is 0.507 e. The molecule has 1 fully saturated rings. The number of likely N-dealkylation sites (tertiary alicyclic amines) is 1. The number of benzene rings is 1. The number of aliphatic hydroxyl groups excluding tert-OH is 1. The van der Waals surface area contributed by atoms with Crippen LogP contribution in [0.3, 0.4) is 0 Å². The third-order valence-electron chi connectivity index (χ3n) is 7.11. The quantitative estimate of drug-likeness (QED) is 0.191. The summed E-state index contributed by atoms with van der Waals surface area (Å²) in [6, 6.07) is 5.53. The number of ether oxygens (including phenoxy) is 2. The molecule has 2 heterocycles. The minimum absolute atomic E-state index is 0.0748. The van der Waals surface area contributed by atoms with Crippen LogP contribution in [0.5, 0.6) is 0 Å². The minimum Gasteiger partial charge on any atom is -0.507 e. The first kappa shape index (κ1) is 29.6. The molecule has 39 heavy (non-hydrogen) atoms. The molecular formula is C29H37N3O7. The van der Waals surface area contributed by atoms with E-state index in [2.05, 4.69) is 23.7 Å². The van der Waals surface area contributed by atoms with Gasteiger partial charge in [-0.2, -0.15) is 0 Å². The molecule has 1 aromatic heterocycles. The second kappa shape index (κ2) is 12.8. The van der Waals surface area contributed by atoms with Crippen molar-refractivity contribution in [1.82, 2.24) is 14.8 Å². The van der Waals surface area contributed by atoms with Gasteiger partial charge in [0.25, 0.3) is 11.7 Å². The van der Waals surface area contributed by atoms with E-state index in [0.717, 1.165) is 19.6 Å². The fraction of sp³-hybridized carbons (Fsp3) is 0.448. The molecule has 3 rings (SSSR count). The number of ketones is 1. The molecule has 210 valence electrons. The van der Waals surface area contributed by atoms with Crippen molar-refractivity contribution in [3.63, 3.8) is 0 Å². The van der Waals surface area contributed by atoms with E-state index in [4.69, 9.17) is 9.47 Å². The maximum Gasteiger partial charge on any atom is 0.355 e. The molecule has 0 saturated carbocycles. The predicted octanol–water partition coefficient (Wildman–Crippen LogP) is 3.75. The number of methoxy groups -OCH3 is 1. The average molecular weight is 540 g/mol. The van der Waals surface area contributed by atoms with Crippen LogP contribution in [0.1, 0.15) is 76.5 Å². The minimum atomic E-state index is -0.881. The highest BCUT2D eigenvalue weighted by atomic mass is 16.5. The van der Waals surface area contributed by atoms with Gasteiger partial charge in [0, 0.05) is 17.8 Å². The Kier molecular flexibility index (Phi) is 9.69. The lowest BCUT2D eigenvalue weighted by Crippen LogP contribution is -2.33. The Morgan fingerprint density at radius 1 is 1.05 bits per heavy atom. The van der Waals surface area contributed by atoms with Gasteiger partial charge >= 0.3 is 11.9 Å². The number of hydrogen-bond donors (Lipinski definition) is 2. The number of aliphatic hydroxyl groups is 1. The molecule has 10 nitrogen and oxygen atoms in total. The van der Waals surface area contributed by atoms with Crippen molar-refractivity contribution < 1.29 is 33.8 Å². The fourth-order valence-electron chi connectivity index (χ4n) is 5.03. The zero-order chi connectivity index (χ0) is 28.9. The van der Waals surface area contributed by atoms with Gasteiger partial charge in [0.05, 0.1) is 30.9 Å². The van der Waals surface area contributed by atoms with Crippen LogP contribution in [0.15, 0.2) is 29.8 Å². The lowest BCUT2D eigenvalue weighted by molar-refractivity contribution is -0.140. The molecule has 0 radical (unpaired) electrons. The molecule has 10 heteroatoms. The third kappa shape index (κ3) is 5.90. The number of nitrogens with zero attached hydrogens (tertiary/aromatic N) is 2. The second-order valence-electron chi connectivity index (χ2n) is 9.33. The van der Waals surface area contributed by atoms with Crippen LogP contribution in [0, 0.1) is 13.8 Å². The van der Waals surface area contributed by atoms with Crippen molar-refractivity contribution in [2.75, 3.05) is 39.9 Å². The lowest BCUT2D eigenvalue weighted by Gasteiger charge is -2.27. The van der Waals surface area contributed by atoms with Gasteiger partial charge in [-0.25, -0.2) is 9.59 Å². The molecule has 1 aliphatic rings. The summed E-state index contributed by atoms with van der Waals surface area (Å²) < 4.78 is 9.89. The van der Waals surface area contributed by atoms with E-state index in [1.807, 2.05) is 0 Å². The van der Waals surface area contributed by atoms with Crippen LogP contribution in [-0.4, -0.2) is 83.4 Å². The Hall–Kier alpha value is -3.92. The monoisotopic (exact) mass is 539 g/mol. The molecule has 1 aliphatic heterocycles. The smallest absolute Gasteiger partial charge is 0.355 e. The number of H-pyrrole nitrogens is 1. The average Bonchev–Trinajstić information content (AvgIpc) is 3.37.